The normalized spacial score (nSPS) is 14.1. The summed E-state index contributed by atoms with van der Waals surface area (Å²) in [5.74, 6) is 1.88. The minimum Gasteiger partial charge on any atom is -0.457 e. The molecule has 36 heavy (non-hydrogen) atoms. The molecular weight excluding hydrogens is 442 g/mol. The van der Waals surface area contributed by atoms with Crippen LogP contribution >= 0.6 is 0 Å². The SMILES string of the molecule is CC1(C)c2ccccc2-c2c1oc1c3ccccc3n(-c3nc4ccccc4n3-c3ccccc3)c21. The summed E-state index contributed by atoms with van der Waals surface area (Å²) in [6.45, 7) is 4.51. The van der Waals surface area contributed by atoms with Crippen molar-refractivity contribution in [3.8, 4) is 22.8 Å². The van der Waals surface area contributed by atoms with E-state index in [1.807, 2.05) is 12.1 Å². The van der Waals surface area contributed by atoms with Crippen molar-refractivity contribution >= 4 is 33.0 Å². The van der Waals surface area contributed by atoms with E-state index in [1.165, 1.54) is 16.7 Å². The molecule has 4 nitrogen and oxygen atoms in total. The Balaban J connectivity index is 1.59. The van der Waals surface area contributed by atoms with Crippen LogP contribution in [0.1, 0.15) is 25.2 Å². The summed E-state index contributed by atoms with van der Waals surface area (Å²) in [5.41, 5.74) is 9.70. The summed E-state index contributed by atoms with van der Waals surface area (Å²) in [5, 5.41) is 1.10. The molecule has 4 aromatic carbocycles. The smallest absolute Gasteiger partial charge is 0.220 e. The third-order valence-electron chi connectivity index (χ3n) is 7.69. The average molecular weight is 466 g/mol. The molecule has 0 atom stereocenters. The maximum Gasteiger partial charge on any atom is 0.220 e. The van der Waals surface area contributed by atoms with E-state index in [4.69, 9.17) is 9.40 Å². The fourth-order valence-electron chi connectivity index (χ4n) is 6.06. The van der Waals surface area contributed by atoms with Crippen LogP contribution in [0.4, 0.5) is 0 Å². The summed E-state index contributed by atoms with van der Waals surface area (Å²) >= 11 is 0. The van der Waals surface area contributed by atoms with Crippen LogP contribution in [0.25, 0.3) is 55.8 Å². The lowest BCUT2D eigenvalue weighted by Gasteiger charge is -2.18. The third kappa shape index (κ3) is 2.36. The van der Waals surface area contributed by atoms with Crippen LogP contribution in [-0.2, 0) is 5.41 Å². The molecule has 0 unspecified atom stereocenters. The summed E-state index contributed by atoms with van der Waals surface area (Å²) in [7, 11) is 0. The Morgan fingerprint density at radius 2 is 1.39 bits per heavy atom. The molecule has 8 rings (SSSR count). The van der Waals surface area contributed by atoms with E-state index in [2.05, 4.69) is 114 Å². The number of aromatic nitrogens is 3. The van der Waals surface area contributed by atoms with Gasteiger partial charge in [-0.25, -0.2) is 4.98 Å². The van der Waals surface area contributed by atoms with Crippen molar-refractivity contribution < 1.29 is 4.42 Å². The second kappa shape index (κ2) is 6.76. The number of rotatable bonds is 2. The highest BCUT2D eigenvalue weighted by Crippen LogP contribution is 2.54. The number of benzene rings is 4. The standard InChI is InChI=1S/C32H23N3O/c1-32(2)23-16-8-6-14-21(23)27-28-29(36-30(27)32)22-15-7-10-18-25(22)35(28)31-33-24-17-9-11-19-26(24)34(31)20-12-4-3-5-13-20/h3-19H,1-2H3. The summed E-state index contributed by atoms with van der Waals surface area (Å²) in [4.78, 5) is 5.21. The molecule has 0 N–H and O–H groups in total. The van der Waals surface area contributed by atoms with Crippen molar-refractivity contribution in [3.05, 3.63) is 114 Å². The molecule has 1 aliphatic carbocycles. The molecule has 0 amide bonds. The van der Waals surface area contributed by atoms with Crippen LogP contribution in [0.5, 0.6) is 0 Å². The molecule has 0 bridgehead atoms. The van der Waals surface area contributed by atoms with Crippen LogP contribution in [-0.4, -0.2) is 14.1 Å². The number of furan rings is 1. The molecule has 3 aromatic heterocycles. The molecule has 0 saturated carbocycles. The lowest BCUT2D eigenvalue weighted by Crippen LogP contribution is -2.14. The maximum absolute atomic E-state index is 6.79. The quantitative estimate of drug-likeness (QED) is 0.259. The summed E-state index contributed by atoms with van der Waals surface area (Å²) in [6.07, 6.45) is 0. The number of hydrogen-bond donors (Lipinski definition) is 0. The molecule has 4 heteroatoms. The Labute approximate surface area is 208 Å². The van der Waals surface area contributed by atoms with Crippen molar-refractivity contribution in [1.82, 2.24) is 14.1 Å². The Hall–Kier alpha value is -4.57. The Kier molecular flexibility index (Phi) is 3.70. The van der Waals surface area contributed by atoms with Gasteiger partial charge in [0.25, 0.3) is 0 Å². The zero-order valence-electron chi connectivity index (χ0n) is 20.1. The van der Waals surface area contributed by atoms with Crippen molar-refractivity contribution in [1.29, 1.82) is 0 Å². The number of hydrogen-bond acceptors (Lipinski definition) is 2. The molecule has 0 radical (unpaired) electrons. The lowest BCUT2D eigenvalue weighted by atomic mass is 9.86. The molecule has 0 spiro atoms. The summed E-state index contributed by atoms with van der Waals surface area (Å²) in [6, 6.07) is 36.0. The number of imidazole rings is 1. The molecule has 3 heterocycles. The van der Waals surface area contributed by atoms with E-state index in [9.17, 15) is 0 Å². The highest BCUT2D eigenvalue weighted by atomic mass is 16.3. The van der Waals surface area contributed by atoms with E-state index < -0.39 is 0 Å². The van der Waals surface area contributed by atoms with Gasteiger partial charge in [0.2, 0.25) is 5.95 Å². The Morgan fingerprint density at radius 1 is 0.694 bits per heavy atom. The van der Waals surface area contributed by atoms with Gasteiger partial charge in [0.1, 0.15) is 11.3 Å². The highest BCUT2D eigenvalue weighted by Gasteiger charge is 2.42. The minimum absolute atomic E-state index is 0.212. The van der Waals surface area contributed by atoms with E-state index in [1.54, 1.807) is 0 Å². The molecular formula is C32H23N3O. The molecule has 0 saturated heterocycles. The minimum atomic E-state index is -0.212. The second-order valence-electron chi connectivity index (χ2n) is 10.1. The largest absolute Gasteiger partial charge is 0.457 e. The van der Waals surface area contributed by atoms with Gasteiger partial charge in [-0.3, -0.25) is 9.13 Å². The molecule has 1 aliphatic rings. The van der Waals surface area contributed by atoms with E-state index in [-0.39, 0.29) is 5.41 Å². The van der Waals surface area contributed by atoms with Gasteiger partial charge in [0.05, 0.1) is 16.6 Å². The summed E-state index contributed by atoms with van der Waals surface area (Å²) < 4.78 is 11.3. The Morgan fingerprint density at radius 3 is 2.25 bits per heavy atom. The molecule has 0 fully saturated rings. The van der Waals surface area contributed by atoms with Gasteiger partial charge in [-0.15, -0.1) is 0 Å². The average Bonchev–Trinajstić information content (AvgIpc) is 3.62. The third-order valence-corrected chi connectivity index (χ3v) is 7.69. The fourth-order valence-corrected chi connectivity index (χ4v) is 6.06. The number of para-hydroxylation sites is 4. The number of fused-ring (bicyclic) bond motifs is 8. The van der Waals surface area contributed by atoms with Crippen LogP contribution in [0.2, 0.25) is 0 Å². The zero-order chi connectivity index (χ0) is 24.0. The van der Waals surface area contributed by atoms with Gasteiger partial charge < -0.3 is 4.42 Å². The van der Waals surface area contributed by atoms with Crippen molar-refractivity contribution in [2.75, 3.05) is 0 Å². The van der Waals surface area contributed by atoms with E-state index >= 15 is 0 Å². The van der Waals surface area contributed by atoms with Crippen LogP contribution in [0.15, 0.2) is 108 Å². The van der Waals surface area contributed by atoms with Gasteiger partial charge >= 0.3 is 0 Å². The van der Waals surface area contributed by atoms with Gasteiger partial charge in [0.15, 0.2) is 5.58 Å². The highest BCUT2D eigenvalue weighted by molar-refractivity contribution is 6.13. The van der Waals surface area contributed by atoms with Gasteiger partial charge in [0, 0.05) is 22.1 Å². The van der Waals surface area contributed by atoms with Gasteiger partial charge in [-0.1, -0.05) is 66.7 Å². The fraction of sp³-hybridized carbons (Fsp3) is 0.0938. The first-order valence-electron chi connectivity index (χ1n) is 12.3. The monoisotopic (exact) mass is 465 g/mol. The van der Waals surface area contributed by atoms with Crippen LogP contribution in [0.3, 0.4) is 0 Å². The molecule has 172 valence electrons. The van der Waals surface area contributed by atoms with Crippen molar-refractivity contribution in [2.24, 2.45) is 0 Å². The van der Waals surface area contributed by atoms with Crippen molar-refractivity contribution in [3.63, 3.8) is 0 Å². The Bertz CT molecular complexity index is 1970. The topological polar surface area (TPSA) is 35.9 Å². The van der Waals surface area contributed by atoms with Crippen LogP contribution in [0, 0.1) is 0 Å². The first kappa shape index (κ1) is 19.7. The number of nitrogens with zero attached hydrogens (tertiary/aromatic N) is 3. The predicted octanol–water partition coefficient (Wildman–Crippen LogP) is 8.02. The molecule has 7 aromatic rings. The molecule has 0 aliphatic heterocycles. The maximum atomic E-state index is 6.79. The van der Waals surface area contributed by atoms with Crippen LogP contribution < -0.4 is 0 Å². The first-order valence-corrected chi connectivity index (χ1v) is 12.3. The lowest BCUT2D eigenvalue weighted by molar-refractivity contribution is 0.466. The zero-order valence-corrected chi connectivity index (χ0v) is 20.1. The van der Waals surface area contributed by atoms with E-state index in [0.717, 1.165) is 50.4 Å². The second-order valence-corrected chi connectivity index (χ2v) is 10.1. The first-order chi connectivity index (χ1) is 17.6. The van der Waals surface area contributed by atoms with Crippen molar-refractivity contribution in [2.45, 2.75) is 19.3 Å². The van der Waals surface area contributed by atoms with E-state index in [0.29, 0.717) is 0 Å². The van der Waals surface area contributed by atoms with Gasteiger partial charge in [-0.2, -0.15) is 0 Å². The van der Waals surface area contributed by atoms with Gasteiger partial charge in [-0.05, 0) is 61.4 Å². The predicted molar refractivity (Wildman–Crippen MR) is 145 cm³/mol.